The minimum atomic E-state index is -1.68. The number of unbranched alkanes of at least 4 members (excludes halogenated alkanes) is 1. The lowest BCUT2D eigenvalue weighted by Crippen LogP contribution is -2.59. The molecular formula is C45H58N8O9. The third-order valence-electron chi connectivity index (χ3n) is 10.2. The Morgan fingerprint density at radius 1 is 0.790 bits per heavy atom. The fourth-order valence-electron chi connectivity index (χ4n) is 6.79. The Morgan fingerprint density at radius 3 is 2.10 bits per heavy atom. The molecule has 0 unspecified atom stereocenters. The molecule has 4 aromatic rings. The lowest BCUT2D eigenvalue weighted by Gasteiger charge is -2.35. The number of nitrogens with zero attached hydrogens (tertiary/aromatic N) is 2. The molecule has 0 saturated carbocycles. The number of aromatic nitrogens is 1. The number of hydrogen-bond acceptors (Lipinski definition) is 8. The van der Waals surface area contributed by atoms with Crippen molar-refractivity contribution in [3.8, 4) is 0 Å². The highest BCUT2D eigenvalue weighted by atomic mass is 16.6. The molecule has 7 amide bonds. The van der Waals surface area contributed by atoms with Crippen LogP contribution < -0.4 is 27.0 Å². The molecule has 0 bridgehead atoms. The van der Waals surface area contributed by atoms with Crippen LogP contribution in [-0.4, -0.2) is 112 Å². The van der Waals surface area contributed by atoms with E-state index in [0.29, 0.717) is 17.7 Å². The number of primary amides is 1. The fourth-order valence-corrected chi connectivity index (χ4v) is 6.79. The van der Waals surface area contributed by atoms with E-state index in [-0.39, 0.29) is 32.2 Å². The average molecular weight is 855 g/mol. The summed E-state index contributed by atoms with van der Waals surface area (Å²) in [7, 11) is 2.82. The number of aromatic amines is 1. The number of likely N-dealkylation sites (N-methyl/N-ethyl adjacent to an activating group) is 2. The van der Waals surface area contributed by atoms with Crippen molar-refractivity contribution >= 4 is 58.3 Å². The van der Waals surface area contributed by atoms with E-state index in [0.717, 1.165) is 22.0 Å². The molecule has 3 aromatic carbocycles. The molecule has 0 aliphatic heterocycles. The molecular weight excluding hydrogens is 797 g/mol. The molecule has 1 aromatic heterocycles. The number of urea groups is 1. The molecule has 332 valence electrons. The number of ether oxygens (including phenoxy) is 1. The van der Waals surface area contributed by atoms with Crippen molar-refractivity contribution in [3.63, 3.8) is 0 Å². The maximum absolute atomic E-state index is 14.7. The Morgan fingerprint density at radius 2 is 1.44 bits per heavy atom. The van der Waals surface area contributed by atoms with Crippen molar-refractivity contribution in [2.75, 3.05) is 26.0 Å². The number of amides is 7. The summed E-state index contributed by atoms with van der Waals surface area (Å²) >= 11 is 0. The van der Waals surface area contributed by atoms with Gasteiger partial charge in [-0.05, 0) is 75.8 Å². The van der Waals surface area contributed by atoms with Crippen LogP contribution in [0, 0.1) is 6.92 Å². The number of carbonyl (C=O) groups is 7. The Kier molecular flexibility index (Phi) is 17.0. The van der Waals surface area contributed by atoms with E-state index in [2.05, 4.69) is 26.3 Å². The Labute approximate surface area is 361 Å². The summed E-state index contributed by atoms with van der Waals surface area (Å²) in [4.78, 5) is 98.9. The van der Waals surface area contributed by atoms with Gasteiger partial charge in [-0.15, -0.1) is 0 Å². The number of rotatable bonds is 20. The van der Waals surface area contributed by atoms with Gasteiger partial charge in [0.1, 0.15) is 29.8 Å². The summed E-state index contributed by atoms with van der Waals surface area (Å²) in [5.41, 5.74) is 8.44. The number of anilines is 1. The molecule has 0 aliphatic rings. The van der Waals surface area contributed by atoms with Gasteiger partial charge in [0, 0.05) is 56.3 Å². The third-order valence-corrected chi connectivity index (χ3v) is 10.2. The Balaban J connectivity index is 1.60. The van der Waals surface area contributed by atoms with E-state index in [1.807, 2.05) is 43.3 Å². The van der Waals surface area contributed by atoms with Crippen LogP contribution in [0.4, 0.5) is 15.3 Å². The number of nitrogens with two attached hydrogens (primary N) is 1. The molecule has 0 radical (unpaired) electrons. The van der Waals surface area contributed by atoms with Gasteiger partial charge in [-0.2, -0.15) is 0 Å². The van der Waals surface area contributed by atoms with Gasteiger partial charge in [-0.1, -0.05) is 66.7 Å². The predicted octanol–water partition coefficient (Wildman–Crippen LogP) is 4.25. The first-order valence-corrected chi connectivity index (χ1v) is 20.4. The molecule has 0 aliphatic carbocycles. The molecule has 62 heavy (non-hydrogen) atoms. The smallest absolute Gasteiger partial charge is 0.410 e. The second kappa shape index (κ2) is 22.1. The summed E-state index contributed by atoms with van der Waals surface area (Å²) in [6, 6.07) is 17.6. The van der Waals surface area contributed by atoms with Crippen LogP contribution in [0.3, 0.4) is 0 Å². The second-order valence-electron chi connectivity index (χ2n) is 16.1. The summed E-state index contributed by atoms with van der Waals surface area (Å²) < 4.78 is 5.64. The Bertz CT molecular complexity index is 2200. The Hall–Kier alpha value is -6.91. The molecule has 8 N–H and O–H groups in total. The summed E-state index contributed by atoms with van der Waals surface area (Å²) in [5.74, 6) is -4.77. The number of para-hydroxylation sites is 2. The van der Waals surface area contributed by atoms with E-state index >= 15 is 0 Å². The van der Waals surface area contributed by atoms with Crippen molar-refractivity contribution in [1.82, 2.24) is 30.7 Å². The minimum absolute atomic E-state index is 0.00442. The van der Waals surface area contributed by atoms with Gasteiger partial charge in [0.05, 0.1) is 6.42 Å². The van der Waals surface area contributed by atoms with Crippen molar-refractivity contribution in [2.45, 2.75) is 96.0 Å². The highest BCUT2D eigenvalue weighted by molar-refractivity contribution is 5.97. The van der Waals surface area contributed by atoms with Gasteiger partial charge >= 0.3 is 18.1 Å². The number of carboxylic acid groups (broad SMARTS) is 1. The lowest BCUT2D eigenvalue weighted by molar-refractivity contribution is -0.145. The van der Waals surface area contributed by atoms with E-state index in [1.54, 1.807) is 69.4 Å². The monoisotopic (exact) mass is 854 g/mol. The highest BCUT2D eigenvalue weighted by Gasteiger charge is 2.38. The first-order valence-electron chi connectivity index (χ1n) is 20.4. The molecule has 17 nitrogen and oxygen atoms in total. The molecule has 1 heterocycles. The quantitative estimate of drug-likeness (QED) is 0.0628. The summed E-state index contributed by atoms with van der Waals surface area (Å²) in [6.45, 7) is 7.15. The number of nitrogens with one attached hydrogen (secondary N) is 5. The number of aliphatic carboxylic acids is 1. The largest absolute Gasteiger partial charge is 0.481 e. The number of hydrogen-bond donors (Lipinski definition) is 7. The zero-order valence-electron chi connectivity index (χ0n) is 36.0. The topological polar surface area (TPSA) is 245 Å². The summed E-state index contributed by atoms with van der Waals surface area (Å²) in [6.07, 6.45) is 0.791. The molecule has 4 atom stereocenters. The summed E-state index contributed by atoms with van der Waals surface area (Å²) in [5, 5.41) is 21.2. The van der Waals surface area contributed by atoms with Crippen LogP contribution in [0.2, 0.25) is 0 Å². The van der Waals surface area contributed by atoms with Crippen molar-refractivity contribution in [3.05, 3.63) is 102 Å². The van der Waals surface area contributed by atoms with E-state index in [9.17, 15) is 38.7 Å². The van der Waals surface area contributed by atoms with Gasteiger partial charge in [0.15, 0.2) is 0 Å². The fraction of sp³-hybridized carbons (Fsp3) is 0.400. The number of fused-ring (bicyclic) bond motifs is 1. The van der Waals surface area contributed by atoms with Crippen LogP contribution in [0.5, 0.6) is 0 Å². The van der Waals surface area contributed by atoms with Crippen LogP contribution in [-0.2, 0) is 41.6 Å². The van der Waals surface area contributed by atoms with Gasteiger partial charge in [-0.25, -0.2) is 9.59 Å². The van der Waals surface area contributed by atoms with Gasteiger partial charge in [0.2, 0.25) is 23.6 Å². The minimum Gasteiger partial charge on any atom is -0.481 e. The van der Waals surface area contributed by atoms with Crippen molar-refractivity contribution in [1.29, 1.82) is 0 Å². The van der Waals surface area contributed by atoms with Gasteiger partial charge in [-0.3, -0.25) is 28.9 Å². The maximum atomic E-state index is 14.7. The van der Waals surface area contributed by atoms with Crippen molar-refractivity contribution in [2.24, 2.45) is 5.73 Å². The lowest BCUT2D eigenvalue weighted by atomic mass is 10.0. The van der Waals surface area contributed by atoms with Crippen LogP contribution in [0.1, 0.15) is 63.1 Å². The van der Waals surface area contributed by atoms with E-state index in [4.69, 9.17) is 10.5 Å². The first-order chi connectivity index (χ1) is 29.3. The standard InChI is InChI=1S/C45H58N8O9/c1-28-16-10-12-20-32(28)51-43(60)47-23-15-14-22-36(41(58)50-35(26-38(54)55)40(57)49-34(39(46)56)24-29-17-8-7-9-18-29)52(5)42(59)37(53(6)44(61)62-45(2,3)4)25-30-27-48-33-21-13-11-19-31(30)33/h7-13,16-21,27,34-37,48H,14-15,22-26H2,1-6H3,(H2,46,56)(H,49,57)(H,50,58)(H,54,55)(H2,47,51,60)/t34-,35-,36-,37-/m0/s1. The van der Waals surface area contributed by atoms with E-state index in [1.165, 1.54) is 23.9 Å². The number of aryl methyl sites for hydroxylation is 1. The average Bonchev–Trinajstić information content (AvgIpc) is 3.63. The zero-order valence-corrected chi connectivity index (χ0v) is 36.0. The van der Waals surface area contributed by atoms with Crippen LogP contribution >= 0.6 is 0 Å². The zero-order chi connectivity index (χ0) is 45.6. The predicted molar refractivity (Wildman–Crippen MR) is 234 cm³/mol. The normalized spacial score (nSPS) is 13.1. The molecule has 0 saturated heterocycles. The molecule has 0 fully saturated rings. The van der Waals surface area contributed by atoms with Gasteiger partial charge < -0.3 is 46.7 Å². The highest BCUT2D eigenvalue weighted by Crippen LogP contribution is 2.23. The molecule has 4 rings (SSSR count). The second-order valence-corrected chi connectivity index (χ2v) is 16.1. The first kappa shape index (κ1) is 47.8. The van der Waals surface area contributed by atoms with Crippen LogP contribution in [0.15, 0.2) is 85.1 Å². The third kappa shape index (κ3) is 14.1. The SMILES string of the molecule is Cc1ccccc1NC(=O)NCCCC[C@@H](C(=O)N[C@@H](CC(=O)O)C(=O)N[C@@H](Cc1ccccc1)C(N)=O)N(C)C(=O)[C@H](Cc1c[nH]c2ccccc12)N(C)C(=O)OC(C)(C)C. The maximum Gasteiger partial charge on any atom is 0.410 e. The number of carbonyl (C=O) groups excluding carboxylic acids is 6. The molecule has 0 spiro atoms. The number of H-pyrrole nitrogens is 1. The van der Waals surface area contributed by atoms with Gasteiger partial charge in [0.25, 0.3) is 0 Å². The molecule has 17 heteroatoms. The number of carboxylic acids is 1. The van der Waals surface area contributed by atoms with Crippen molar-refractivity contribution < 1.29 is 43.4 Å². The number of benzene rings is 3. The van der Waals surface area contributed by atoms with Crippen LogP contribution in [0.25, 0.3) is 10.9 Å². The van der Waals surface area contributed by atoms with E-state index < -0.39 is 77.9 Å².